The van der Waals surface area contributed by atoms with E-state index in [0.717, 1.165) is 31.5 Å². The summed E-state index contributed by atoms with van der Waals surface area (Å²) in [5.41, 5.74) is 0.832. The molecule has 1 aromatic rings. The highest BCUT2D eigenvalue weighted by Gasteiger charge is 2.25. The van der Waals surface area contributed by atoms with Crippen molar-refractivity contribution >= 4 is 0 Å². The lowest BCUT2D eigenvalue weighted by atomic mass is 10.1. The Morgan fingerprint density at radius 1 is 1.53 bits per heavy atom. The van der Waals surface area contributed by atoms with Crippen molar-refractivity contribution in [3.8, 4) is 0 Å². The first-order valence-corrected chi connectivity index (χ1v) is 6.19. The Bertz CT molecular complexity index is 355. The molecule has 0 saturated heterocycles. The molecule has 1 aliphatic rings. The molecule has 0 bridgehead atoms. The van der Waals surface area contributed by atoms with Crippen molar-refractivity contribution in [2.24, 2.45) is 5.92 Å². The summed E-state index contributed by atoms with van der Waals surface area (Å²) >= 11 is 0. The van der Waals surface area contributed by atoms with Crippen LogP contribution in [-0.4, -0.2) is 22.7 Å². The number of hydrogen-bond donors (Lipinski definition) is 2. The molecule has 0 radical (unpaired) electrons. The second kappa shape index (κ2) is 5.56. The maximum absolute atomic E-state index is 12.7. The zero-order valence-corrected chi connectivity index (χ0v) is 10.1. The van der Waals surface area contributed by atoms with Crippen LogP contribution >= 0.6 is 0 Å². The van der Waals surface area contributed by atoms with E-state index in [1.54, 1.807) is 6.07 Å². The second-order valence-electron chi connectivity index (χ2n) is 4.79. The minimum Gasteiger partial charge on any atom is -0.393 e. The Balaban J connectivity index is 1.84. The van der Waals surface area contributed by atoms with E-state index in [4.69, 9.17) is 0 Å². The van der Waals surface area contributed by atoms with Crippen LogP contribution < -0.4 is 5.32 Å². The summed E-state index contributed by atoms with van der Waals surface area (Å²) in [6.45, 7) is 2.79. The zero-order chi connectivity index (χ0) is 12.3. The predicted molar refractivity (Wildman–Crippen MR) is 64.0 cm³/mol. The van der Waals surface area contributed by atoms with E-state index in [-0.39, 0.29) is 18.0 Å². The summed E-state index contributed by atoms with van der Waals surface area (Å²) in [4.78, 5) is 4.04. The number of nitrogens with one attached hydrogen (secondary N) is 1. The van der Waals surface area contributed by atoms with Crippen molar-refractivity contribution in [3.63, 3.8) is 0 Å². The lowest BCUT2D eigenvalue weighted by Gasteiger charge is -2.19. The molecule has 0 aliphatic heterocycles. The van der Waals surface area contributed by atoms with Crippen LogP contribution in [0.1, 0.15) is 37.9 Å². The fourth-order valence-corrected chi connectivity index (χ4v) is 2.33. The van der Waals surface area contributed by atoms with Gasteiger partial charge >= 0.3 is 0 Å². The fraction of sp³-hybridized carbons (Fsp3) is 0.615. The van der Waals surface area contributed by atoms with Crippen molar-refractivity contribution in [2.45, 2.75) is 38.3 Å². The molecule has 3 nitrogen and oxygen atoms in total. The molecule has 3 unspecified atom stereocenters. The Morgan fingerprint density at radius 3 is 2.94 bits per heavy atom. The van der Waals surface area contributed by atoms with E-state index < -0.39 is 0 Å². The van der Waals surface area contributed by atoms with Crippen LogP contribution in [-0.2, 0) is 0 Å². The van der Waals surface area contributed by atoms with Crippen LogP contribution in [0.25, 0.3) is 0 Å². The largest absolute Gasteiger partial charge is 0.393 e. The van der Waals surface area contributed by atoms with E-state index in [2.05, 4.69) is 10.3 Å². The average Bonchev–Trinajstić information content (AvgIpc) is 2.73. The van der Waals surface area contributed by atoms with Crippen molar-refractivity contribution in [2.75, 3.05) is 6.54 Å². The van der Waals surface area contributed by atoms with Gasteiger partial charge < -0.3 is 10.4 Å². The normalized spacial score (nSPS) is 26.1. The predicted octanol–water partition coefficient (Wildman–Crippen LogP) is 2.03. The molecule has 0 aromatic carbocycles. The number of hydrogen-bond acceptors (Lipinski definition) is 3. The van der Waals surface area contributed by atoms with E-state index in [9.17, 15) is 9.50 Å². The summed E-state index contributed by atoms with van der Waals surface area (Å²) < 4.78 is 12.7. The number of aliphatic hydroxyl groups excluding tert-OH is 1. The van der Waals surface area contributed by atoms with Gasteiger partial charge in [-0.1, -0.05) is 6.42 Å². The number of pyridine rings is 1. The highest BCUT2D eigenvalue weighted by molar-refractivity contribution is 5.09. The molecule has 1 fully saturated rings. The third-order valence-electron chi connectivity index (χ3n) is 3.50. The summed E-state index contributed by atoms with van der Waals surface area (Å²) in [7, 11) is 0. The lowest BCUT2D eigenvalue weighted by Crippen LogP contribution is -2.30. The number of rotatable bonds is 4. The van der Waals surface area contributed by atoms with E-state index in [1.165, 1.54) is 12.3 Å². The van der Waals surface area contributed by atoms with Gasteiger partial charge in [0.15, 0.2) is 0 Å². The molecule has 1 aliphatic carbocycles. The standard InChI is InChI=1S/C13H19FN2O/c1-9(12-6-5-11(14)8-16-12)15-7-10-3-2-4-13(10)17/h5-6,8-10,13,15,17H,2-4,7H2,1H3. The van der Waals surface area contributed by atoms with Crippen molar-refractivity contribution in [3.05, 3.63) is 29.8 Å². The molecule has 0 spiro atoms. The summed E-state index contributed by atoms with van der Waals surface area (Å²) in [6, 6.07) is 3.20. The maximum Gasteiger partial charge on any atom is 0.141 e. The molecule has 1 aromatic heterocycles. The molecule has 2 N–H and O–H groups in total. The van der Waals surface area contributed by atoms with Crippen molar-refractivity contribution in [1.29, 1.82) is 0 Å². The molecular formula is C13H19FN2O. The van der Waals surface area contributed by atoms with Gasteiger partial charge in [0.1, 0.15) is 5.82 Å². The Hall–Kier alpha value is -1.00. The highest BCUT2D eigenvalue weighted by Crippen LogP contribution is 2.25. The molecule has 94 valence electrons. The molecular weight excluding hydrogens is 219 g/mol. The number of aliphatic hydroxyl groups is 1. The van der Waals surface area contributed by atoms with Crippen LogP contribution in [0.15, 0.2) is 18.3 Å². The van der Waals surface area contributed by atoms with Gasteiger partial charge in [0.25, 0.3) is 0 Å². The zero-order valence-electron chi connectivity index (χ0n) is 10.1. The highest BCUT2D eigenvalue weighted by atomic mass is 19.1. The molecule has 0 amide bonds. The minimum absolute atomic E-state index is 0.0865. The summed E-state index contributed by atoms with van der Waals surface area (Å²) in [6.07, 6.45) is 4.16. The SMILES string of the molecule is CC(NCC1CCCC1O)c1ccc(F)cn1. The summed E-state index contributed by atoms with van der Waals surface area (Å²) in [5.74, 6) is 0.0325. The topological polar surface area (TPSA) is 45.1 Å². The van der Waals surface area contributed by atoms with Crippen molar-refractivity contribution in [1.82, 2.24) is 10.3 Å². The molecule has 1 saturated carbocycles. The maximum atomic E-state index is 12.7. The van der Waals surface area contributed by atoms with Gasteiger partial charge in [0, 0.05) is 12.6 Å². The Morgan fingerprint density at radius 2 is 2.35 bits per heavy atom. The smallest absolute Gasteiger partial charge is 0.141 e. The average molecular weight is 238 g/mol. The third-order valence-corrected chi connectivity index (χ3v) is 3.50. The number of halogens is 1. The van der Waals surface area contributed by atoms with Crippen LogP contribution in [0, 0.1) is 11.7 Å². The summed E-state index contributed by atoms with van der Waals surface area (Å²) in [5, 5.41) is 13.0. The first-order valence-electron chi connectivity index (χ1n) is 6.19. The second-order valence-corrected chi connectivity index (χ2v) is 4.79. The molecule has 17 heavy (non-hydrogen) atoms. The van der Waals surface area contributed by atoms with Gasteiger partial charge in [0.2, 0.25) is 0 Å². The van der Waals surface area contributed by atoms with E-state index in [1.807, 2.05) is 6.92 Å². The molecule has 2 rings (SSSR count). The minimum atomic E-state index is -0.313. The third kappa shape index (κ3) is 3.23. The molecule has 4 heteroatoms. The van der Waals surface area contributed by atoms with Crippen LogP contribution in [0.3, 0.4) is 0 Å². The van der Waals surface area contributed by atoms with Crippen molar-refractivity contribution < 1.29 is 9.50 Å². The van der Waals surface area contributed by atoms with Crippen LogP contribution in [0.5, 0.6) is 0 Å². The van der Waals surface area contributed by atoms with E-state index >= 15 is 0 Å². The lowest BCUT2D eigenvalue weighted by molar-refractivity contribution is 0.130. The van der Waals surface area contributed by atoms with E-state index in [0.29, 0.717) is 5.92 Å². The van der Waals surface area contributed by atoms with Crippen LogP contribution in [0.2, 0.25) is 0 Å². The van der Waals surface area contributed by atoms with Crippen LogP contribution in [0.4, 0.5) is 4.39 Å². The Labute approximate surface area is 101 Å². The van der Waals surface area contributed by atoms with Gasteiger partial charge in [-0.3, -0.25) is 4.98 Å². The monoisotopic (exact) mass is 238 g/mol. The first-order chi connectivity index (χ1) is 8.16. The molecule has 3 atom stereocenters. The first kappa shape index (κ1) is 12.5. The van der Waals surface area contributed by atoms with Gasteiger partial charge in [0.05, 0.1) is 18.0 Å². The van der Waals surface area contributed by atoms with Gasteiger partial charge in [-0.05, 0) is 37.8 Å². The van der Waals surface area contributed by atoms with Gasteiger partial charge in [-0.15, -0.1) is 0 Å². The van der Waals surface area contributed by atoms with Gasteiger partial charge in [-0.25, -0.2) is 4.39 Å². The van der Waals surface area contributed by atoms with Gasteiger partial charge in [-0.2, -0.15) is 0 Å². The number of aromatic nitrogens is 1. The number of nitrogens with zero attached hydrogens (tertiary/aromatic N) is 1. The molecule has 1 heterocycles. The Kier molecular flexibility index (Phi) is 4.07. The fourth-order valence-electron chi connectivity index (χ4n) is 2.33. The quantitative estimate of drug-likeness (QED) is 0.843.